The fraction of sp³-hybridized carbons (Fsp3) is 0.706. The molecule has 132 valence electrons. The van der Waals surface area contributed by atoms with E-state index < -0.39 is 0 Å². The zero-order chi connectivity index (χ0) is 16.9. The van der Waals surface area contributed by atoms with Crippen LogP contribution in [0.5, 0.6) is 0 Å². The van der Waals surface area contributed by atoms with Gasteiger partial charge in [-0.3, -0.25) is 14.7 Å². The summed E-state index contributed by atoms with van der Waals surface area (Å²) in [6, 6.07) is 0.402. The molecule has 1 aromatic heterocycles. The summed E-state index contributed by atoms with van der Waals surface area (Å²) in [5.74, 6) is 0.747. The summed E-state index contributed by atoms with van der Waals surface area (Å²) >= 11 is 0. The minimum Gasteiger partial charge on any atom is -0.379 e. The number of aromatic nitrogens is 2. The molecule has 3 heterocycles. The quantitative estimate of drug-likeness (QED) is 0.797. The van der Waals surface area contributed by atoms with E-state index >= 15 is 0 Å². The van der Waals surface area contributed by atoms with Gasteiger partial charge in [-0.1, -0.05) is 0 Å². The van der Waals surface area contributed by atoms with Crippen molar-refractivity contribution in [1.82, 2.24) is 19.8 Å². The highest BCUT2D eigenvalue weighted by atomic mass is 16.5. The molecule has 1 amide bonds. The Morgan fingerprint density at radius 1 is 1.25 bits per heavy atom. The number of likely N-dealkylation sites (tertiary alicyclic amines) is 1. The first kappa shape index (κ1) is 17.1. The fourth-order valence-electron chi connectivity index (χ4n) is 3.35. The monoisotopic (exact) mass is 333 g/mol. The first-order chi connectivity index (χ1) is 11.6. The highest BCUT2D eigenvalue weighted by Gasteiger charge is 2.22. The smallest absolute Gasteiger partial charge is 0.274 e. The van der Waals surface area contributed by atoms with Gasteiger partial charge in [0, 0.05) is 45.8 Å². The van der Waals surface area contributed by atoms with E-state index in [2.05, 4.69) is 26.7 Å². The molecular formula is C17H27N5O2. The molecule has 2 saturated heterocycles. The molecule has 2 aliphatic rings. The van der Waals surface area contributed by atoms with E-state index in [9.17, 15) is 4.79 Å². The molecule has 0 unspecified atom stereocenters. The van der Waals surface area contributed by atoms with Crippen molar-refractivity contribution >= 4 is 11.7 Å². The molecule has 0 radical (unpaired) electrons. The lowest BCUT2D eigenvalue weighted by molar-refractivity contribution is 0.0217. The van der Waals surface area contributed by atoms with Gasteiger partial charge in [0.25, 0.3) is 5.91 Å². The van der Waals surface area contributed by atoms with Crippen LogP contribution in [0.4, 0.5) is 5.82 Å². The van der Waals surface area contributed by atoms with Gasteiger partial charge in [-0.15, -0.1) is 0 Å². The molecule has 3 rings (SSSR count). The number of rotatable bonds is 5. The van der Waals surface area contributed by atoms with E-state index in [0.29, 0.717) is 11.7 Å². The Hall–Kier alpha value is -1.73. The summed E-state index contributed by atoms with van der Waals surface area (Å²) < 4.78 is 5.41. The highest BCUT2D eigenvalue weighted by molar-refractivity contribution is 5.92. The van der Waals surface area contributed by atoms with E-state index in [1.165, 1.54) is 0 Å². The second-order valence-electron chi connectivity index (χ2n) is 6.64. The molecule has 0 N–H and O–H groups in total. The lowest BCUT2D eigenvalue weighted by Gasteiger charge is -2.34. The number of nitrogens with zero attached hydrogens (tertiary/aromatic N) is 5. The Morgan fingerprint density at radius 2 is 1.96 bits per heavy atom. The van der Waals surface area contributed by atoms with Gasteiger partial charge in [-0.05, 0) is 19.8 Å². The zero-order valence-corrected chi connectivity index (χ0v) is 14.6. The Morgan fingerprint density at radius 3 is 2.67 bits per heavy atom. The number of carbonyl (C=O) groups excluding carboxylic acids is 1. The number of hydrogen-bond donors (Lipinski definition) is 0. The van der Waals surface area contributed by atoms with Crippen LogP contribution >= 0.6 is 0 Å². The average molecular weight is 333 g/mol. The fourth-order valence-corrected chi connectivity index (χ4v) is 3.35. The molecule has 0 spiro atoms. The van der Waals surface area contributed by atoms with E-state index in [1.54, 1.807) is 12.4 Å². The van der Waals surface area contributed by atoms with Crippen LogP contribution in [0.3, 0.4) is 0 Å². The van der Waals surface area contributed by atoms with Crippen molar-refractivity contribution in [3.05, 3.63) is 18.1 Å². The molecule has 0 aromatic carbocycles. The van der Waals surface area contributed by atoms with Crippen LogP contribution in [0, 0.1) is 0 Å². The number of anilines is 1. The predicted molar refractivity (Wildman–Crippen MR) is 92.3 cm³/mol. The first-order valence-corrected chi connectivity index (χ1v) is 8.79. The van der Waals surface area contributed by atoms with Crippen molar-refractivity contribution in [3.8, 4) is 0 Å². The van der Waals surface area contributed by atoms with Crippen LogP contribution in [0.1, 0.15) is 30.3 Å². The summed E-state index contributed by atoms with van der Waals surface area (Å²) in [4.78, 5) is 27.6. The van der Waals surface area contributed by atoms with Crippen molar-refractivity contribution in [1.29, 1.82) is 0 Å². The van der Waals surface area contributed by atoms with Gasteiger partial charge in [-0.25, -0.2) is 4.98 Å². The number of carbonyl (C=O) groups is 1. The van der Waals surface area contributed by atoms with Crippen molar-refractivity contribution in [2.75, 3.05) is 57.9 Å². The summed E-state index contributed by atoms with van der Waals surface area (Å²) in [5.41, 5.74) is 0.445. The van der Waals surface area contributed by atoms with E-state index in [4.69, 9.17) is 4.74 Å². The van der Waals surface area contributed by atoms with Crippen LogP contribution in [-0.4, -0.2) is 84.7 Å². The number of amides is 1. The normalized spacial score (nSPS) is 20.2. The minimum atomic E-state index is -0.00326. The molecule has 2 fully saturated rings. The largest absolute Gasteiger partial charge is 0.379 e. The average Bonchev–Trinajstić information content (AvgIpc) is 3.16. The molecule has 0 aliphatic carbocycles. The lowest BCUT2D eigenvalue weighted by Crippen LogP contribution is -2.47. The van der Waals surface area contributed by atoms with Gasteiger partial charge in [0.15, 0.2) is 0 Å². The number of ether oxygens (including phenoxy) is 1. The van der Waals surface area contributed by atoms with Gasteiger partial charge >= 0.3 is 0 Å². The third-order valence-electron chi connectivity index (χ3n) is 4.83. The zero-order valence-electron chi connectivity index (χ0n) is 14.6. The van der Waals surface area contributed by atoms with Crippen LogP contribution in [0.15, 0.2) is 12.4 Å². The van der Waals surface area contributed by atoms with Crippen molar-refractivity contribution < 1.29 is 9.53 Å². The van der Waals surface area contributed by atoms with E-state index in [0.717, 1.165) is 64.6 Å². The molecule has 0 saturated carbocycles. The SMILES string of the molecule is C[C@@H](CN(C)c1cncc(C(=O)N2CCCC2)n1)N1CCOCC1. The van der Waals surface area contributed by atoms with Crippen LogP contribution in [0.25, 0.3) is 0 Å². The van der Waals surface area contributed by atoms with Crippen LogP contribution in [-0.2, 0) is 4.74 Å². The summed E-state index contributed by atoms with van der Waals surface area (Å²) in [6.45, 7) is 8.25. The van der Waals surface area contributed by atoms with Crippen molar-refractivity contribution in [3.63, 3.8) is 0 Å². The molecule has 1 atom stereocenters. The molecular weight excluding hydrogens is 306 g/mol. The number of likely N-dealkylation sites (N-methyl/N-ethyl adjacent to an activating group) is 1. The molecule has 7 nitrogen and oxygen atoms in total. The maximum atomic E-state index is 12.5. The molecule has 24 heavy (non-hydrogen) atoms. The Bertz CT molecular complexity index is 556. The van der Waals surface area contributed by atoms with E-state index in [1.807, 2.05) is 11.9 Å². The highest BCUT2D eigenvalue weighted by Crippen LogP contribution is 2.15. The molecule has 0 bridgehead atoms. The third kappa shape index (κ3) is 4.02. The molecule has 2 aliphatic heterocycles. The van der Waals surface area contributed by atoms with Crippen molar-refractivity contribution in [2.24, 2.45) is 0 Å². The Balaban J connectivity index is 1.63. The molecule has 1 aromatic rings. The summed E-state index contributed by atoms with van der Waals surface area (Å²) in [5, 5.41) is 0. The van der Waals surface area contributed by atoms with E-state index in [-0.39, 0.29) is 5.91 Å². The summed E-state index contributed by atoms with van der Waals surface area (Å²) in [7, 11) is 2.01. The Kier molecular flexibility index (Phi) is 5.63. The topological polar surface area (TPSA) is 61.8 Å². The Labute approximate surface area is 143 Å². The van der Waals surface area contributed by atoms with Crippen LogP contribution in [0.2, 0.25) is 0 Å². The number of hydrogen-bond acceptors (Lipinski definition) is 6. The second kappa shape index (κ2) is 7.90. The first-order valence-electron chi connectivity index (χ1n) is 8.79. The third-order valence-corrected chi connectivity index (χ3v) is 4.83. The standard InChI is InChI=1S/C17H27N5O2/c1-14(21-7-9-24-10-8-21)13-20(2)16-12-18-11-15(19-16)17(23)22-5-3-4-6-22/h11-12,14H,3-10,13H2,1-2H3/t14-/m0/s1. The molecule has 7 heteroatoms. The summed E-state index contributed by atoms with van der Waals surface area (Å²) in [6.07, 6.45) is 5.46. The minimum absolute atomic E-state index is 0.00326. The van der Waals surface area contributed by atoms with Crippen LogP contribution < -0.4 is 4.90 Å². The van der Waals surface area contributed by atoms with Gasteiger partial charge < -0.3 is 14.5 Å². The lowest BCUT2D eigenvalue weighted by atomic mass is 10.2. The van der Waals surface area contributed by atoms with Gasteiger partial charge in [0.2, 0.25) is 0 Å². The second-order valence-corrected chi connectivity index (χ2v) is 6.64. The van der Waals surface area contributed by atoms with Gasteiger partial charge in [0.1, 0.15) is 11.5 Å². The maximum absolute atomic E-state index is 12.5. The van der Waals surface area contributed by atoms with Gasteiger partial charge in [-0.2, -0.15) is 0 Å². The number of morpholine rings is 1. The predicted octanol–water partition coefficient (Wildman–Crippen LogP) is 0.870. The maximum Gasteiger partial charge on any atom is 0.274 e. The van der Waals surface area contributed by atoms with Crippen molar-refractivity contribution in [2.45, 2.75) is 25.8 Å². The van der Waals surface area contributed by atoms with Gasteiger partial charge in [0.05, 0.1) is 25.6 Å².